The second-order valence-electron chi connectivity index (χ2n) is 6.80. The molecule has 2 aliphatic heterocycles. The molecule has 0 spiro atoms. The molecule has 6 nitrogen and oxygen atoms in total. The van der Waals surface area contributed by atoms with Crippen molar-refractivity contribution in [1.29, 1.82) is 0 Å². The number of anilines is 1. The summed E-state index contributed by atoms with van der Waals surface area (Å²) in [5, 5.41) is 11.8. The lowest BCUT2D eigenvalue weighted by atomic mass is 9.96. The first-order valence-electron chi connectivity index (χ1n) is 8.69. The zero-order chi connectivity index (χ0) is 19.1. The smallest absolute Gasteiger partial charge is 0.335 e. The van der Waals surface area contributed by atoms with Crippen LogP contribution in [0.25, 0.3) is 0 Å². The molecule has 0 saturated heterocycles. The summed E-state index contributed by atoms with van der Waals surface area (Å²) in [5.41, 5.74) is 3.06. The standard InChI is InChI=1S/C20H17FN2O4/c21-16-9-17-12(3-4-18(24)22-17)8-15(16)19(25)23-6-5-11-1-2-13(20(26)27)7-14(11)10-23/h1-2,7-9H,3-6,10H2,(H,22,24)(H,26,27). The van der Waals surface area contributed by atoms with Crippen molar-refractivity contribution in [2.24, 2.45) is 0 Å². The van der Waals surface area contributed by atoms with Crippen LogP contribution in [0.4, 0.5) is 10.1 Å². The third kappa shape index (κ3) is 3.16. The van der Waals surface area contributed by atoms with Gasteiger partial charge in [-0.1, -0.05) is 6.07 Å². The molecule has 2 aliphatic rings. The molecule has 0 aromatic heterocycles. The summed E-state index contributed by atoms with van der Waals surface area (Å²) in [5.74, 6) is -2.29. The van der Waals surface area contributed by atoms with E-state index in [0.717, 1.165) is 16.7 Å². The second-order valence-corrected chi connectivity index (χ2v) is 6.80. The Kier molecular flexibility index (Phi) is 4.14. The summed E-state index contributed by atoms with van der Waals surface area (Å²) in [6.45, 7) is 0.675. The van der Waals surface area contributed by atoms with Crippen molar-refractivity contribution in [2.75, 3.05) is 11.9 Å². The Hall–Kier alpha value is -3.22. The molecule has 2 aromatic rings. The Labute approximate surface area is 154 Å². The van der Waals surface area contributed by atoms with Gasteiger partial charge < -0.3 is 15.3 Å². The fraction of sp³-hybridized carbons (Fsp3) is 0.250. The molecule has 2 heterocycles. The van der Waals surface area contributed by atoms with Crippen LogP contribution in [0.5, 0.6) is 0 Å². The topological polar surface area (TPSA) is 86.7 Å². The molecular formula is C20H17FN2O4. The van der Waals surface area contributed by atoms with Crippen LogP contribution in [0.3, 0.4) is 0 Å². The highest BCUT2D eigenvalue weighted by molar-refractivity contribution is 5.98. The Balaban J connectivity index is 1.61. The van der Waals surface area contributed by atoms with Gasteiger partial charge in [-0.2, -0.15) is 0 Å². The van der Waals surface area contributed by atoms with Crippen molar-refractivity contribution in [2.45, 2.75) is 25.8 Å². The summed E-state index contributed by atoms with van der Waals surface area (Å²) < 4.78 is 14.5. The Bertz CT molecular complexity index is 986. The van der Waals surface area contributed by atoms with Crippen molar-refractivity contribution >= 4 is 23.5 Å². The number of nitrogens with zero attached hydrogens (tertiary/aromatic N) is 1. The Morgan fingerprint density at radius 2 is 1.85 bits per heavy atom. The average molecular weight is 368 g/mol. The molecular weight excluding hydrogens is 351 g/mol. The number of carboxylic acid groups (broad SMARTS) is 1. The van der Waals surface area contributed by atoms with Gasteiger partial charge in [0.15, 0.2) is 0 Å². The van der Waals surface area contributed by atoms with E-state index in [1.165, 1.54) is 17.0 Å². The van der Waals surface area contributed by atoms with Crippen LogP contribution in [-0.4, -0.2) is 34.3 Å². The molecule has 0 atom stereocenters. The van der Waals surface area contributed by atoms with E-state index < -0.39 is 17.7 Å². The molecule has 2 N–H and O–H groups in total. The third-order valence-corrected chi connectivity index (χ3v) is 5.07. The zero-order valence-electron chi connectivity index (χ0n) is 14.4. The predicted molar refractivity (Wildman–Crippen MR) is 95.2 cm³/mol. The zero-order valence-corrected chi connectivity index (χ0v) is 14.4. The van der Waals surface area contributed by atoms with Gasteiger partial charge in [0.2, 0.25) is 5.91 Å². The van der Waals surface area contributed by atoms with Gasteiger partial charge in [-0.25, -0.2) is 9.18 Å². The maximum absolute atomic E-state index is 14.5. The number of hydrogen-bond donors (Lipinski definition) is 2. The second kappa shape index (κ2) is 6.50. The lowest BCUT2D eigenvalue weighted by molar-refractivity contribution is -0.116. The predicted octanol–water partition coefficient (Wildman–Crippen LogP) is 2.61. The summed E-state index contributed by atoms with van der Waals surface area (Å²) in [4.78, 5) is 37.0. The lowest BCUT2D eigenvalue weighted by Gasteiger charge is -2.29. The maximum atomic E-state index is 14.5. The van der Waals surface area contributed by atoms with E-state index in [2.05, 4.69) is 5.32 Å². The molecule has 0 bridgehead atoms. The molecule has 0 radical (unpaired) electrons. The highest BCUT2D eigenvalue weighted by Crippen LogP contribution is 2.28. The normalized spacial score (nSPS) is 15.6. The van der Waals surface area contributed by atoms with Crippen LogP contribution >= 0.6 is 0 Å². The molecule has 0 unspecified atom stereocenters. The van der Waals surface area contributed by atoms with E-state index in [1.807, 2.05) is 0 Å². The molecule has 27 heavy (non-hydrogen) atoms. The quantitative estimate of drug-likeness (QED) is 0.853. The Morgan fingerprint density at radius 3 is 2.63 bits per heavy atom. The van der Waals surface area contributed by atoms with E-state index >= 15 is 0 Å². The van der Waals surface area contributed by atoms with Gasteiger partial charge in [-0.3, -0.25) is 9.59 Å². The van der Waals surface area contributed by atoms with Crippen LogP contribution in [0.2, 0.25) is 0 Å². The van der Waals surface area contributed by atoms with E-state index in [-0.39, 0.29) is 23.6 Å². The van der Waals surface area contributed by atoms with Gasteiger partial charge in [0.25, 0.3) is 5.91 Å². The monoisotopic (exact) mass is 368 g/mol. The average Bonchev–Trinajstić information content (AvgIpc) is 2.65. The van der Waals surface area contributed by atoms with Crippen molar-refractivity contribution in [3.05, 3.63) is 64.0 Å². The number of benzene rings is 2. The number of aryl methyl sites for hydroxylation is 1. The van der Waals surface area contributed by atoms with Crippen LogP contribution in [0, 0.1) is 5.82 Å². The molecule has 2 amide bonds. The molecule has 0 aliphatic carbocycles. The van der Waals surface area contributed by atoms with Gasteiger partial charge >= 0.3 is 5.97 Å². The highest BCUT2D eigenvalue weighted by atomic mass is 19.1. The lowest BCUT2D eigenvalue weighted by Crippen LogP contribution is -2.36. The van der Waals surface area contributed by atoms with Crippen molar-refractivity contribution in [3.8, 4) is 0 Å². The van der Waals surface area contributed by atoms with Gasteiger partial charge in [0.05, 0.1) is 11.1 Å². The SMILES string of the molecule is O=C1CCc2cc(C(=O)N3CCc4ccc(C(=O)O)cc4C3)c(F)cc2N1. The van der Waals surface area contributed by atoms with Crippen LogP contribution in [-0.2, 0) is 24.2 Å². The van der Waals surface area contributed by atoms with Crippen molar-refractivity contribution in [1.82, 2.24) is 4.90 Å². The minimum absolute atomic E-state index is 0.0252. The Morgan fingerprint density at radius 1 is 1.04 bits per heavy atom. The number of hydrogen-bond acceptors (Lipinski definition) is 3. The van der Waals surface area contributed by atoms with E-state index in [0.29, 0.717) is 31.5 Å². The van der Waals surface area contributed by atoms with Crippen LogP contribution < -0.4 is 5.32 Å². The third-order valence-electron chi connectivity index (χ3n) is 5.07. The summed E-state index contributed by atoms with van der Waals surface area (Å²) >= 11 is 0. The molecule has 0 fully saturated rings. The van der Waals surface area contributed by atoms with Gasteiger partial charge in [0.1, 0.15) is 5.82 Å². The number of amides is 2. The van der Waals surface area contributed by atoms with Gasteiger partial charge in [-0.05, 0) is 53.8 Å². The summed E-state index contributed by atoms with van der Waals surface area (Å²) in [7, 11) is 0. The number of fused-ring (bicyclic) bond motifs is 2. The molecule has 4 rings (SSSR count). The fourth-order valence-corrected chi connectivity index (χ4v) is 3.60. The molecule has 138 valence electrons. The minimum Gasteiger partial charge on any atom is -0.478 e. The summed E-state index contributed by atoms with van der Waals surface area (Å²) in [6, 6.07) is 7.59. The number of aromatic carboxylic acids is 1. The van der Waals surface area contributed by atoms with Crippen molar-refractivity contribution < 1.29 is 23.9 Å². The maximum Gasteiger partial charge on any atom is 0.335 e. The highest BCUT2D eigenvalue weighted by Gasteiger charge is 2.26. The van der Waals surface area contributed by atoms with E-state index in [1.54, 1.807) is 18.2 Å². The van der Waals surface area contributed by atoms with E-state index in [4.69, 9.17) is 5.11 Å². The van der Waals surface area contributed by atoms with E-state index in [9.17, 15) is 18.8 Å². The number of halogens is 1. The van der Waals surface area contributed by atoms with Crippen LogP contribution in [0.1, 0.15) is 43.8 Å². The number of carboxylic acids is 1. The number of rotatable bonds is 2. The number of carbonyl (C=O) groups excluding carboxylic acids is 2. The van der Waals surface area contributed by atoms with Crippen molar-refractivity contribution in [3.63, 3.8) is 0 Å². The minimum atomic E-state index is -1.02. The first kappa shape index (κ1) is 17.2. The summed E-state index contributed by atoms with van der Waals surface area (Å²) in [6.07, 6.45) is 1.36. The fourth-order valence-electron chi connectivity index (χ4n) is 3.60. The first-order chi connectivity index (χ1) is 12.9. The molecule has 0 saturated carbocycles. The van der Waals surface area contributed by atoms with Gasteiger partial charge in [0, 0.05) is 25.2 Å². The van der Waals surface area contributed by atoms with Gasteiger partial charge in [-0.15, -0.1) is 0 Å². The number of nitrogens with one attached hydrogen (secondary N) is 1. The first-order valence-corrected chi connectivity index (χ1v) is 8.69. The van der Waals surface area contributed by atoms with Crippen LogP contribution in [0.15, 0.2) is 30.3 Å². The number of carbonyl (C=O) groups is 3. The largest absolute Gasteiger partial charge is 0.478 e. The molecule has 2 aromatic carbocycles. The molecule has 7 heteroatoms.